The van der Waals surface area contributed by atoms with Crippen LogP contribution < -0.4 is 15.7 Å². The van der Waals surface area contributed by atoms with E-state index in [1.807, 2.05) is 18.2 Å². The summed E-state index contributed by atoms with van der Waals surface area (Å²) in [5.41, 5.74) is 1.55. The fourth-order valence-electron chi connectivity index (χ4n) is 3.10. The van der Waals surface area contributed by atoms with Crippen molar-refractivity contribution < 1.29 is 18.9 Å². The number of nitro groups is 1. The number of carbonyl (C=O) groups excluding carboxylic acids is 1. The first-order chi connectivity index (χ1) is 15.0. The van der Waals surface area contributed by atoms with Crippen molar-refractivity contribution in [2.24, 2.45) is 0 Å². The van der Waals surface area contributed by atoms with E-state index in [2.05, 4.69) is 5.32 Å². The third-order valence-electron chi connectivity index (χ3n) is 4.53. The second-order valence-electron chi connectivity index (χ2n) is 6.64. The molecular weight excluding hydrogens is 400 g/mol. The Hall–Kier alpha value is -4.46. The van der Waals surface area contributed by atoms with E-state index in [9.17, 15) is 19.7 Å². The number of hydrogen-bond donors (Lipinski definition) is 1. The molecule has 0 saturated carbocycles. The number of non-ortho nitro benzene ring substituents is 1. The second kappa shape index (κ2) is 8.50. The quantitative estimate of drug-likeness (QED) is 0.283. The smallest absolute Gasteiger partial charge is 0.336 e. The minimum absolute atomic E-state index is 0.0412. The van der Waals surface area contributed by atoms with E-state index in [4.69, 9.17) is 9.15 Å². The van der Waals surface area contributed by atoms with Gasteiger partial charge in [-0.15, -0.1) is 0 Å². The first-order valence-electron chi connectivity index (χ1n) is 9.30. The molecule has 0 aliphatic rings. The molecule has 1 amide bonds. The van der Waals surface area contributed by atoms with Crippen molar-refractivity contribution in [1.29, 1.82) is 0 Å². The molecule has 1 heterocycles. The van der Waals surface area contributed by atoms with Crippen LogP contribution in [0.5, 0.6) is 5.75 Å². The third kappa shape index (κ3) is 4.59. The summed E-state index contributed by atoms with van der Waals surface area (Å²) < 4.78 is 10.8. The van der Waals surface area contributed by atoms with Gasteiger partial charge in [-0.3, -0.25) is 14.9 Å². The number of fused-ring (bicyclic) bond motifs is 1. The molecule has 31 heavy (non-hydrogen) atoms. The molecule has 0 spiro atoms. The van der Waals surface area contributed by atoms with Crippen LogP contribution in [0.15, 0.2) is 88.1 Å². The molecule has 154 valence electrons. The van der Waals surface area contributed by atoms with Gasteiger partial charge in [0.1, 0.15) is 11.3 Å². The van der Waals surface area contributed by atoms with E-state index in [0.717, 1.165) is 0 Å². The molecule has 0 bridgehead atoms. The van der Waals surface area contributed by atoms with Gasteiger partial charge in [-0.2, -0.15) is 0 Å². The number of amides is 1. The SMILES string of the molecule is O=C(COc1ccc2c(-c3ccc([N+](=O)[O-])cc3)cc(=O)oc2c1)Nc1ccccc1. The summed E-state index contributed by atoms with van der Waals surface area (Å²) in [4.78, 5) is 34.5. The molecule has 4 rings (SSSR count). The van der Waals surface area contributed by atoms with Crippen LogP contribution in [0.4, 0.5) is 11.4 Å². The summed E-state index contributed by atoms with van der Waals surface area (Å²) in [6.07, 6.45) is 0. The largest absolute Gasteiger partial charge is 0.484 e. The van der Waals surface area contributed by atoms with Crippen LogP contribution >= 0.6 is 0 Å². The average molecular weight is 416 g/mol. The monoisotopic (exact) mass is 416 g/mol. The molecule has 8 nitrogen and oxygen atoms in total. The number of rotatable bonds is 6. The summed E-state index contributed by atoms with van der Waals surface area (Å²) in [6.45, 7) is -0.216. The summed E-state index contributed by atoms with van der Waals surface area (Å²) >= 11 is 0. The molecule has 0 atom stereocenters. The van der Waals surface area contributed by atoms with Crippen LogP contribution in [-0.4, -0.2) is 17.4 Å². The standard InChI is InChI=1S/C23H16N2O6/c26-22(24-16-4-2-1-3-5-16)14-30-18-10-11-19-20(13-23(27)31-21(19)12-18)15-6-8-17(9-7-15)25(28)29/h1-13H,14H2,(H,24,26). The zero-order chi connectivity index (χ0) is 21.8. The fourth-order valence-corrected chi connectivity index (χ4v) is 3.10. The van der Waals surface area contributed by atoms with Crippen molar-refractivity contribution in [3.8, 4) is 16.9 Å². The van der Waals surface area contributed by atoms with Crippen molar-refractivity contribution in [1.82, 2.24) is 0 Å². The van der Waals surface area contributed by atoms with E-state index < -0.39 is 10.5 Å². The van der Waals surface area contributed by atoms with Crippen LogP contribution in [0.25, 0.3) is 22.1 Å². The number of nitro benzene ring substituents is 1. The van der Waals surface area contributed by atoms with E-state index >= 15 is 0 Å². The molecule has 1 aromatic heterocycles. The highest BCUT2D eigenvalue weighted by atomic mass is 16.6. The Morgan fingerprint density at radius 3 is 2.45 bits per heavy atom. The fraction of sp³-hybridized carbons (Fsp3) is 0.0435. The van der Waals surface area contributed by atoms with Crippen molar-refractivity contribution in [3.05, 3.63) is 99.4 Å². The number of anilines is 1. The summed E-state index contributed by atoms with van der Waals surface area (Å²) in [7, 11) is 0. The first kappa shape index (κ1) is 19.8. The van der Waals surface area contributed by atoms with E-state index in [1.54, 1.807) is 36.4 Å². The predicted octanol–water partition coefficient (Wildman–Crippen LogP) is 4.39. The maximum atomic E-state index is 12.1. The van der Waals surface area contributed by atoms with Gasteiger partial charge >= 0.3 is 5.63 Å². The van der Waals surface area contributed by atoms with Gasteiger partial charge in [-0.25, -0.2) is 4.79 Å². The normalized spacial score (nSPS) is 10.6. The van der Waals surface area contributed by atoms with Crippen molar-refractivity contribution >= 4 is 28.3 Å². The molecule has 0 saturated heterocycles. The summed E-state index contributed by atoms with van der Waals surface area (Å²) in [6, 6.07) is 21.1. The molecule has 8 heteroatoms. The molecule has 0 radical (unpaired) electrons. The van der Waals surface area contributed by atoms with Crippen LogP contribution in [0, 0.1) is 10.1 Å². The lowest BCUT2D eigenvalue weighted by Crippen LogP contribution is -2.20. The molecule has 0 aliphatic heterocycles. The Morgan fingerprint density at radius 1 is 1.00 bits per heavy atom. The molecule has 0 unspecified atom stereocenters. The number of para-hydroxylation sites is 1. The lowest BCUT2D eigenvalue weighted by molar-refractivity contribution is -0.384. The number of nitrogens with zero attached hydrogens (tertiary/aromatic N) is 1. The minimum Gasteiger partial charge on any atom is -0.484 e. The lowest BCUT2D eigenvalue weighted by atomic mass is 10.0. The number of ether oxygens (including phenoxy) is 1. The Kier molecular flexibility index (Phi) is 5.44. The van der Waals surface area contributed by atoms with Gasteiger partial charge in [0.25, 0.3) is 11.6 Å². The highest BCUT2D eigenvalue weighted by Gasteiger charge is 2.12. The number of carbonyl (C=O) groups is 1. The van der Waals surface area contributed by atoms with E-state index in [1.165, 1.54) is 24.3 Å². The zero-order valence-corrected chi connectivity index (χ0v) is 16.1. The molecule has 0 fully saturated rings. The van der Waals surface area contributed by atoms with Gasteiger partial charge in [0.2, 0.25) is 0 Å². The highest BCUT2D eigenvalue weighted by Crippen LogP contribution is 2.30. The molecule has 1 N–H and O–H groups in total. The zero-order valence-electron chi connectivity index (χ0n) is 16.1. The van der Waals surface area contributed by atoms with Crippen molar-refractivity contribution in [2.45, 2.75) is 0 Å². The maximum absolute atomic E-state index is 12.1. The van der Waals surface area contributed by atoms with E-state index in [0.29, 0.717) is 28.0 Å². The van der Waals surface area contributed by atoms with Gasteiger partial charge in [-0.1, -0.05) is 18.2 Å². The highest BCUT2D eigenvalue weighted by molar-refractivity contribution is 5.94. The molecule has 0 aliphatic carbocycles. The third-order valence-corrected chi connectivity index (χ3v) is 4.53. The van der Waals surface area contributed by atoms with Crippen molar-refractivity contribution in [2.75, 3.05) is 11.9 Å². The molecular formula is C23H16N2O6. The van der Waals surface area contributed by atoms with Crippen LogP contribution in [0.3, 0.4) is 0 Å². The maximum Gasteiger partial charge on any atom is 0.336 e. The van der Waals surface area contributed by atoms with E-state index in [-0.39, 0.29) is 23.8 Å². The number of benzene rings is 3. The summed E-state index contributed by atoms with van der Waals surface area (Å²) in [5, 5.41) is 14.2. The Morgan fingerprint density at radius 2 is 1.74 bits per heavy atom. The Labute approximate surface area is 175 Å². The minimum atomic E-state index is -0.570. The Bertz CT molecular complexity index is 1310. The van der Waals surface area contributed by atoms with Crippen LogP contribution in [-0.2, 0) is 4.79 Å². The molecule has 3 aromatic carbocycles. The topological polar surface area (TPSA) is 112 Å². The van der Waals surface area contributed by atoms with Gasteiger partial charge < -0.3 is 14.5 Å². The summed E-state index contributed by atoms with van der Waals surface area (Å²) in [5.74, 6) is 0.0343. The molecule has 4 aromatic rings. The lowest BCUT2D eigenvalue weighted by Gasteiger charge is -2.09. The average Bonchev–Trinajstić information content (AvgIpc) is 2.77. The van der Waals surface area contributed by atoms with Crippen molar-refractivity contribution in [3.63, 3.8) is 0 Å². The number of hydrogen-bond acceptors (Lipinski definition) is 6. The van der Waals surface area contributed by atoms with Gasteiger partial charge in [0, 0.05) is 35.3 Å². The first-order valence-corrected chi connectivity index (χ1v) is 9.30. The predicted molar refractivity (Wildman–Crippen MR) is 115 cm³/mol. The van der Waals surface area contributed by atoms with Crippen LogP contribution in [0.1, 0.15) is 0 Å². The van der Waals surface area contributed by atoms with Gasteiger partial charge in [0.15, 0.2) is 6.61 Å². The van der Waals surface area contributed by atoms with Crippen LogP contribution in [0.2, 0.25) is 0 Å². The van der Waals surface area contributed by atoms with Gasteiger partial charge in [-0.05, 0) is 47.5 Å². The second-order valence-corrected chi connectivity index (χ2v) is 6.64. The number of nitrogens with one attached hydrogen (secondary N) is 1. The van der Waals surface area contributed by atoms with Gasteiger partial charge in [0.05, 0.1) is 4.92 Å². The Balaban J connectivity index is 1.56.